The number of carbonyl (C=O) groups excluding carboxylic acids is 1. The molecule has 0 saturated heterocycles. The van der Waals surface area contributed by atoms with Crippen LogP contribution in [0.4, 0.5) is 4.39 Å². The summed E-state index contributed by atoms with van der Waals surface area (Å²) in [4.78, 5) is 11.8. The van der Waals surface area contributed by atoms with Crippen LogP contribution < -0.4 is 16.2 Å². The molecule has 0 aliphatic heterocycles. The largest absolute Gasteiger partial charge is 0.349 e. The van der Waals surface area contributed by atoms with Crippen LogP contribution in [0, 0.1) is 17.7 Å². The fraction of sp³-hybridized carbons (Fsp3) is 0.562. The first-order valence-electron chi connectivity index (χ1n) is 8.14. The van der Waals surface area contributed by atoms with Gasteiger partial charge in [-0.2, -0.15) is 0 Å². The maximum Gasteiger partial charge on any atom is 0.251 e. The van der Waals surface area contributed by atoms with Crippen molar-refractivity contribution in [3.8, 4) is 0 Å². The third kappa shape index (κ3) is 3.45. The van der Waals surface area contributed by atoms with E-state index in [1.54, 1.807) is 0 Å². The molecule has 24 heavy (non-hydrogen) atoms. The summed E-state index contributed by atoms with van der Waals surface area (Å²) in [6.07, 6.45) is 4.99. The predicted molar refractivity (Wildman–Crippen MR) is 87.1 cm³/mol. The highest BCUT2D eigenvalue weighted by Crippen LogP contribution is 2.39. The Morgan fingerprint density at radius 3 is 2.38 bits per heavy atom. The van der Waals surface area contributed by atoms with E-state index in [0.29, 0.717) is 11.8 Å². The number of rotatable bonds is 3. The van der Waals surface area contributed by atoms with E-state index in [1.807, 2.05) is 0 Å². The molecule has 2 atom stereocenters. The van der Waals surface area contributed by atoms with Crippen LogP contribution in [0.15, 0.2) is 23.1 Å². The van der Waals surface area contributed by atoms with E-state index < -0.39 is 26.6 Å². The van der Waals surface area contributed by atoms with Crippen LogP contribution in [-0.2, 0) is 10.0 Å². The third-order valence-corrected chi connectivity index (χ3v) is 6.12. The van der Waals surface area contributed by atoms with E-state index in [-0.39, 0.29) is 17.6 Å². The lowest BCUT2D eigenvalue weighted by Gasteiger charge is -2.45. The number of sulfonamides is 1. The Bertz CT molecular complexity index is 739. The van der Waals surface area contributed by atoms with Gasteiger partial charge in [0.05, 0.1) is 0 Å². The van der Waals surface area contributed by atoms with Crippen LogP contribution >= 0.6 is 0 Å². The Hall–Kier alpha value is -1.51. The molecule has 1 aromatic carbocycles. The van der Waals surface area contributed by atoms with Gasteiger partial charge in [0.2, 0.25) is 10.0 Å². The van der Waals surface area contributed by atoms with E-state index in [1.165, 1.54) is 6.07 Å². The molecule has 0 radical (unpaired) electrons. The molecule has 2 saturated carbocycles. The summed E-state index contributed by atoms with van der Waals surface area (Å²) in [5, 5.41) is 7.93. The minimum Gasteiger partial charge on any atom is -0.349 e. The smallest absolute Gasteiger partial charge is 0.251 e. The highest BCUT2D eigenvalue weighted by Gasteiger charge is 2.40. The normalized spacial score (nSPS) is 30.0. The summed E-state index contributed by atoms with van der Waals surface area (Å²) in [6, 6.07) is 3.45. The number of nitrogens with two attached hydrogens (primary N) is 2. The molecule has 2 aliphatic carbocycles. The second-order valence-electron chi connectivity index (χ2n) is 6.87. The van der Waals surface area contributed by atoms with Gasteiger partial charge in [0.25, 0.3) is 5.91 Å². The molecule has 1 aromatic rings. The van der Waals surface area contributed by atoms with Crippen molar-refractivity contribution in [1.82, 2.24) is 5.32 Å². The molecule has 8 heteroatoms. The van der Waals surface area contributed by atoms with Gasteiger partial charge in [0, 0.05) is 17.6 Å². The SMILES string of the molecule is NC1CC2CCCC(C1)C2NC(=O)c1ccc(S(N)(=O)=O)c(F)c1. The highest BCUT2D eigenvalue weighted by atomic mass is 32.2. The Labute approximate surface area is 140 Å². The fourth-order valence-electron chi connectivity index (χ4n) is 4.13. The Morgan fingerprint density at radius 1 is 1.21 bits per heavy atom. The van der Waals surface area contributed by atoms with Crippen molar-refractivity contribution in [2.75, 3.05) is 0 Å². The molecule has 0 aromatic heterocycles. The predicted octanol–water partition coefficient (Wildman–Crippen LogP) is 1.11. The number of benzene rings is 1. The van der Waals surface area contributed by atoms with Gasteiger partial charge < -0.3 is 11.1 Å². The number of hydrogen-bond donors (Lipinski definition) is 3. The molecule has 6 nitrogen and oxygen atoms in total. The fourth-order valence-corrected chi connectivity index (χ4v) is 4.72. The van der Waals surface area contributed by atoms with Gasteiger partial charge in [-0.15, -0.1) is 0 Å². The monoisotopic (exact) mass is 355 g/mol. The van der Waals surface area contributed by atoms with E-state index in [0.717, 1.165) is 44.2 Å². The Morgan fingerprint density at radius 2 is 1.83 bits per heavy atom. The van der Waals surface area contributed by atoms with Gasteiger partial charge >= 0.3 is 0 Å². The summed E-state index contributed by atoms with van der Waals surface area (Å²) in [5.74, 6) is -0.710. The number of hydrogen-bond acceptors (Lipinski definition) is 4. The van der Waals surface area contributed by atoms with Crippen molar-refractivity contribution < 1.29 is 17.6 Å². The van der Waals surface area contributed by atoms with Crippen LogP contribution in [-0.4, -0.2) is 26.4 Å². The van der Waals surface area contributed by atoms with Crippen molar-refractivity contribution in [1.29, 1.82) is 0 Å². The van der Waals surface area contributed by atoms with Gasteiger partial charge in [-0.1, -0.05) is 6.42 Å². The van der Waals surface area contributed by atoms with Crippen molar-refractivity contribution in [2.24, 2.45) is 22.7 Å². The number of carbonyl (C=O) groups is 1. The topological polar surface area (TPSA) is 115 Å². The molecule has 1 amide bonds. The first kappa shape index (κ1) is 17.3. The molecule has 3 rings (SSSR count). The molecule has 132 valence electrons. The minimum atomic E-state index is -4.14. The summed E-state index contributed by atoms with van der Waals surface area (Å²) in [7, 11) is -4.14. The lowest BCUT2D eigenvalue weighted by molar-refractivity contribution is 0.0755. The van der Waals surface area contributed by atoms with Crippen molar-refractivity contribution >= 4 is 15.9 Å². The third-order valence-electron chi connectivity index (χ3n) is 5.17. The minimum absolute atomic E-state index is 0.0482. The molecule has 0 spiro atoms. The summed E-state index contributed by atoms with van der Waals surface area (Å²) >= 11 is 0. The van der Waals surface area contributed by atoms with Crippen LogP contribution in [0.3, 0.4) is 0 Å². The molecular formula is C16H22FN3O3S. The number of primary sulfonamides is 1. The standard InChI is InChI=1S/C16H22FN3O3S/c17-13-8-11(4-5-14(13)24(19,22)23)16(21)20-15-9-2-1-3-10(15)7-12(18)6-9/h4-5,8-10,12,15H,1-3,6-7,18H2,(H,20,21)(H2,19,22,23). The first-order chi connectivity index (χ1) is 11.3. The maximum absolute atomic E-state index is 13.9. The molecule has 0 heterocycles. The number of nitrogens with one attached hydrogen (secondary N) is 1. The highest BCUT2D eigenvalue weighted by molar-refractivity contribution is 7.89. The zero-order valence-electron chi connectivity index (χ0n) is 13.2. The second-order valence-corrected chi connectivity index (χ2v) is 8.40. The van der Waals surface area contributed by atoms with E-state index in [2.05, 4.69) is 5.32 Å². The van der Waals surface area contributed by atoms with Gasteiger partial charge in [-0.05, 0) is 55.7 Å². The van der Waals surface area contributed by atoms with Crippen LogP contribution in [0.1, 0.15) is 42.5 Å². The quantitative estimate of drug-likeness (QED) is 0.753. The summed E-state index contributed by atoms with van der Waals surface area (Å²) in [6.45, 7) is 0. The van der Waals surface area contributed by atoms with E-state index >= 15 is 0 Å². The van der Waals surface area contributed by atoms with Crippen LogP contribution in [0.25, 0.3) is 0 Å². The van der Waals surface area contributed by atoms with Crippen LogP contribution in [0.5, 0.6) is 0 Å². The number of amides is 1. The van der Waals surface area contributed by atoms with Gasteiger partial charge in [0.1, 0.15) is 10.7 Å². The van der Waals surface area contributed by atoms with E-state index in [4.69, 9.17) is 10.9 Å². The van der Waals surface area contributed by atoms with Crippen molar-refractivity contribution in [2.45, 2.75) is 49.1 Å². The zero-order valence-corrected chi connectivity index (χ0v) is 14.1. The lowest BCUT2D eigenvalue weighted by Crippen LogP contribution is -2.53. The molecule has 2 aliphatic rings. The first-order valence-corrected chi connectivity index (χ1v) is 9.69. The average molecular weight is 355 g/mol. The molecule has 2 bridgehead atoms. The lowest BCUT2D eigenvalue weighted by atomic mass is 9.67. The van der Waals surface area contributed by atoms with Gasteiger partial charge in [0.15, 0.2) is 0 Å². The second kappa shape index (κ2) is 6.42. The maximum atomic E-state index is 13.9. The molecule has 2 unspecified atom stereocenters. The van der Waals surface area contributed by atoms with Crippen molar-refractivity contribution in [3.05, 3.63) is 29.6 Å². The van der Waals surface area contributed by atoms with E-state index in [9.17, 15) is 17.6 Å². The van der Waals surface area contributed by atoms with Gasteiger partial charge in [-0.25, -0.2) is 17.9 Å². The average Bonchev–Trinajstić information content (AvgIpc) is 2.46. The Kier molecular flexibility index (Phi) is 4.63. The molecule has 5 N–H and O–H groups in total. The molecule has 2 fully saturated rings. The Balaban J connectivity index is 1.77. The van der Waals surface area contributed by atoms with Crippen molar-refractivity contribution in [3.63, 3.8) is 0 Å². The van der Waals surface area contributed by atoms with Crippen LogP contribution in [0.2, 0.25) is 0 Å². The number of halogens is 1. The number of fused-ring (bicyclic) bond motifs is 2. The summed E-state index contributed by atoms with van der Waals surface area (Å²) in [5.41, 5.74) is 6.17. The zero-order chi connectivity index (χ0) is 17.5. The van der Waals surface area contributed by atoms with Gasteiger partial charge in [-0.3, -0.25) is 4.79 Å². The summed E-state index contributed by atoms with van der Waals surface area (Å²) < 4.78 is 36.4. The molecular weight excluding hydrogens is 333 g/mol.